The van der Waals surface area contributed by atoms with Gasteiger partial charge < -0.3 is 14.2 Å². The molecule has 0 spiro atoms. The van der Waals surface area contributed by atoms with Crippen LogP contribution in [0.5, 0.6) is 17.2 Å². The molecule has 6 heteroatoms. The van der Waals surface area contributed by atoms with E-state index in [1.54, 1.807) is 6.20 Å². The Morgan fingerprint density at radius 2 is 1.58 bits per heavy atom. The summed E-state index contributed by atoms with van der Waals surface area (Å²) in [5.41, 5.74) is 4.08. The molecular formula is C30H31N3O3. The SMILES string of the molecule is CCOc1cccc(CN(Cc2ccc3c(c2)OCCO3)C(C)(c2ccccc2)c2ccnnc2)c1. The second-order valence-corrected chi connectivity index (χ2v) is 8.98. The minimum absolute atomic E-state index is 0.480. The molecular weight excluding hydrogens is 450 g/mol. The van der Waals surface area contributed by atoms with Gasteiger partial charge in [0.15, 0.2) is 11.5 Å². The van der Waals surface area contributed by atoms with Crippen LogP contribution in [0.3, 0.4) is 0 Å². The molecule has 0 bridgehead atoms. The molecule has 0 saturated heterocycles. The highest BCUT2D eigenvalue weighted by Gasteiger charge is 2.36. The predicted octanol–water partition coefficient (Wildman–Crippen LogP) is 5.61. The molecule has 0 radical (unpaired) electrons. The summed E-state index contributed by atoms with van der Waals surface area (Å²) in [6.45, 7) is 7.42. The van der Waals surface area contributed by atoms with Gasteiger partial charge in [-0.3, -0.25) is 4.90 Å². The van der Waals surface area contributed by atoms with E-state index < -0.39 is 5.54 Å². The third-order valence-corrected chi connectivity index (χ3v) is 6.68. The maximum Gasteiger partial charge on any atom is 0.161 e. The van der Waals surface area contributed by atoms with Gasteiger partial charge in [0.25, 0.3) is 0 Å². The highest BCUT2D eigenvalue weighted by atomic mass is 16.6. The van der Waals surface area contributed by atoms with Gasteiger partial charge in [0.05, 0.1) is 18.3 Å². The van der Waals surface area contributed by atoms with Gasteiger partial charge in [0, 0.05) is 19.3 Å². The Hall–Kier alpha value is -3.90. The van der Waals surface area contributed by atoms with Gasteiger partial charge in [-0.15, -0.1) is 0 Å². The van der Waals surface area contributed by atoms with E-state index in [2.05, 4.69) is 76.6 Å². The number of fused-ring (bicyclic) bond motifs is 1. The van der Waals surface area contributed by atoms with Crippen molar-refractivity contribution >= 4 is 0 Å². The number of hydrogen-bond acceptors (Lipinski definition) is 6. The Balaban J connectivity index is 1.59. The van der Waals surface area contributed by atoms with Gasteiger partial charge in [-0.05, 0) is 66.4 Å². The third kappa shape index (κ3) is 5.04. The second-order valence-electron chi connectivity index (χ2n) is 8.98. The Bertz CT molecular complexity index is 1240. The summed E-state index contributed by atoms with van der Waals surface area (Å²) in [7, 11) is 0. The zero-order chi connectivity index (χ0) is 24.8. The smallest absolute Gasteiger partial charge is 0.161 e. The highest BCUT2D eigenvalue weighted by Crippen LogP contribution is 2.39. The van der Waals surface area contributed by atoms with E-state index in [4.69, 9.17) is 14.2 Å². The molecule has 0 N–H and O–H groups in total. The van der Waals surface area contributed by atoms with Gasteiger partial charge in [-0.2, -0.15) is 10.2 Å². The molecule has 1 atom stereocenters. The van der Waals surface area contributed by atoms with Crippen LogP contribution in [0.4, 0.5) is 0 Å². The largest absolute Gasteiger partial charge is 0.494 e. The molecule has 6 nitrogen and oxygen atoms in total. The van der Waals surface area contributed by atoms with E-state index in [1.165, 1.54) is 11.1 Å². The molecule has 0 saturated carbocycles. The lowest BCUT2D eigenvalue weighted by molar-refractivity contribution is 0.118. The van der Waals surface area contributed by atoms with Gasteiger partial charge in [0.1, 0.15) is 19.0 Å². The number of benzene rings is 3. The summed E-state index contributed by atoms with van der Waals surface area (Å²) in [5, 5.41) is 8.28. The summed E-state index contributed by atoms with van der Waals surface area (Å²) >= 11 is 0. The molecule has 0 fully saturated rings. The highest BCUT2D eigenvalue weighted by molar-refractivity contribution is 5.44. The van der Waals surface area contributed by atoms with Gasteiger partial charge in [0.2, 0.25) is 0 Å². The van der Waals surface area contributed by atoms with Crippen LogP contribution in [0.15, 0.2) is 91.3 Å². The van der Waals surface area contributed by atoms with Crippen molar-refractivity contribution in [1.29, 1.82) is 0 Å². The van der Waals surface area contributed by atoms with Crippen LogP contribution in [-0.2, 0) is 18.6 Å². The molecule has 1 unspecified atom stereocenters. The summed E-state index contributed by atoms with van der Waals surface area (Å²) in [6.07, 6.45) is 3.62. The first-order valence-electron chi connectivity index (χ1n) is 12.3. The van der Waals surface area contributed by atoms with Crippen LogP contribution in [0.1, 0.15) is 36.1 Å². The lowest BCUT2D eigenvalue weighted by Gasteiger charge is -2.42. The van der Waals surface area contributed by atoms with Crippen molar-refractivity contribution in [2.24, 2.45) is 0 Å². The summed E-state index contributed by atoms with van der Waals surface area (Å²) < 4.78 is 17.4. The molecule has 1 aromatic heterocycles. The number of nitrogens with zero attached hydrogens (tertiary/aromatic N) is 3. The van der Waals surface area contributed by atoms with Crippen LogP contribution < -0.4 is 14.2 Å². The number of rotatable bonds is 9. The Morgan fingerprint density at radius 3 is 2.33 bits per heavy atom. The van der Waals surface area contributed by atoms with Gasteiger partial charge in [-0.1, -0.05) is 48.5 Å². The molecule has 4 aromatic rings. The lowest BCUT2D eigenvalue weighted by atomic mass is 9.83. The maximum atomic E-state index is 5.88. The molecule has 1 aliphatic heterocycles. The van der Waals surface area contributed by atoms with Crippen molar-refractivity contribution in [3.8, 4) is 17.2 Å². The summed E-state index contributed by atoms with van der Waals surface area (Å²) in [5.74, 6) is 2.47. The van der Waals surface area contributed by atoms with Crippen LogP contribution in [0.2, 0.25) is 0 Å². The molecule has 3 aromatic carbocycles. The zero-order valence-electron chi connectivity index (χ0n) is 20.8. The van der Waals surface area contributed by atoms with E-state index >= 15 is 0 Å². The van der Waals surface area contributed by atoms with Crippen LogP contribution in [0, 0.1) is 0 Å². The van der Waals surface area contributed by atoms with Crippen molar-refractivity contribution in [3.05, 3.63) is 114 Å². The van der Waals surface area contributed by atoms with Crippen molar-refractivity contribution in [2.75, 3.05) is 19.8 Å². The van der Waals surface area contributed by atoms with Crippen molar-refractivity contribution in [3.63, 3.8) is 0 Å². The van der Waals surface area contributed by atoms with E-state index in [0.717, 1.165) is 28.4 Å². The summed E-state index contributed by atoms with van der Waals surface area (Å²) in [4.78, 5) is 2.47. The monoisotopic (exact) mass is 481 g/mol. The second kappa shape index (κ2) is 10.8. The lowest BCUT2D eigenvalue weighted by Crippen LogP contribution is -2.44. The first kappa shape index (κ1) is 23.8. The topological polar surface area (TPSA) is 56.7 Å². The fourth-order valence-electron chi connectivity index (χ4n) is 4.77. The molecule has 5 rings (SSSR count). The minimum Gasteiger partial charge on any atom is -0.494 e. The number of ether oxygens (including phenoxy) is 3. The van der Waals surface area contributed by atoms with E-state index in [0.29, 0.717) is 32.9 Å². The molecule has 184 valence electrons. The summed E-state index contributed by atoms with van der Waals surface area (Å²) in [6, 6.07) is 27.2. The van der Waals surface area contributed by atoms with Crippen LogP contribution in [-0.4, -0.2) is 34.9 Å². The average molecular weight is 482 g/mol. The Morgan fingerprint density at radius 1 is 0.806 bits per heavy atom. The van der Waals surface area contributed by atoms with E-state index in [-0.39, 0.29) is 0 Å². The van der Waals surface area contributed by atoms with Crippen LogP contribution >= 0.6 is 0 Å². The fourth-order valence-corrected chi connectivity index (χ4v) is 4.77. The molecule has 0 aliphatic carbocycles. The van der Waals surface area contributed by atoms with E-state index in [1.807, 2.05) is 37.4 Å². The third-order valence-electron chi connectivity index (χ3n) is 6.68. The fraction of sp³-hybridized carbons (Fsp3) is 0.267. The first-order valence-corrected chi connectivity index (χ1v) is 12.3. The van der Waals surface area contributed by atoms with Crippen LogP contribution in [0.25, 0.3) is 0 Å². The average Bonchev–Trinajstić information content (AvgIpc) is 2.93. The Kier molecular flexibility index (Phi) is 7.14. The first-order chi connectivity index (χ1) is 17.7. The van der Waals surface area contributed by atoms with Gasteiger partial charge in [-0.25, -0.2) is 0 Å². The molecule has 1 aliphatic rings. The predicted molar refractivity (Wildman–Crippen MR) is 139 cm³/mol. The minimum atomic E-state index is -0.480. The maximum absolute atomic E-state index is 5.88. The standard InChI is InChI=1S/C30H31N3O3/c1-3-34-27-11-7-8-23(18-27)21-33(22-24-12-13-28-29(19-24)36-17-16-35-28)30(2,25-9-5-4-6-10-25)26-14-15-31-32-20-26/h4-15,18-20H,3,16-17,21-22H2,1-2H3. The number of aromatic nitrogens is 2. The van der Waals surface area contributed by atoms with Gasteiger partial charge >= 0.3 is 0 Å². The van der Waals surface area contributed by atoms with Crippen molar-refractivity contribution in [1.82, 2.24) is 15.1 Å². The normalized spacial score (nSPS) is 14.3. The van der Waals surface area contributed by atoms with Crippen molar-refractivity contribution in [2.45, 2.75) is 32.5 Å². The molecule has 0 amide bonds. The van der Waals surface area contributed by atoms with E-state index in [9.17, 15) is 0 Å². The van der Waals surface area contributed by atoms with Crippen molar-refractivity contribution < 1.29 is 14.2 Å². The Labute approximate surface area is 212 Å². The number of hydrogen-bond donors (Lipinski definition) is 0. The quantitative estimate of drug-likeness (QED) is 0.310. The zero-order valence-corrected chi connectivity index (χ0v) is 20.8. The molecule has 2 heterocycles. The molecule has 36 heavy (non-hydrogen) atoms.